The van der Waals surface area contributed by atoms with E-state index in [1.165, 1.54) is 0 Å². The van der Waals surface area contributed by atoms with Crippen molar-refractivity contribution in [1.82, 2.24) is 0 Å². The number of rotatable bonds is 3. The Hall–Kier alpha value is -2.74. The Morgan fingerprint density at radius 1 is 1.10 bits per heavy atom. The molecule has 0 fully saturated rings. The maximum atomic E-state index is 13.0. The zero-order valence-electron chi connectivity index (χ0n) is 10.3. The predicted molar refractivity (Wildman–Crippen MR) is 69.8 cm³/mol. The molecule has 0 aliphatic heterocycles. The number of anilines is 1. The normalized spacial score (nSPS) is 11.4. The summed E-state index contributed by atoms with van der Waals surface area (Å²) < 4.78 is 26.1. The van der Waals surface area contributed by atoms with Crippen LogP contribution in [0.1, 0.15) is 11.5 Å². The largest absolute Gasteiger partial charge is 0.324 e. The van der Waals surface area contributed by atoms with Gasteiger partial charge in [0.15, 0.2) is 5.92 Å². The minimum absolute atomic E-state index is 0.0244. The van der Waals surface area contributed by atoms with Crippen LogP contribution in [-0.4, -0.2) is 5.91 Å². The number of halogens is 2. The summed E-state index contributed by atoms with van der Waals surface area (Å²) in [4.78, 5) is 12.0. The second-order valence-electron chi connectivity index (χ2n) is 4.12. The first-order chi connectivity index (χ1) is 9.60. The number of nitrogens with zero attached hydrogens (tertiary/aromatic N) is 1. The third-order valence-corrected chi connectivity index (χ3v) is 2.65. The summed E-state index contributed by atoms with van der Waals surface area (Å²) in [5.74, 6) is -3.27. The Balaban J connectivity index is 2.20. The minimum atomic E-state index is -1.04. The molecular formula is C15H10F2N2O. The lowest BCUT2D eigenvalue weighted by molar-refractivity contribution is -0.116. The molecule has 1 N–H and O–H groups in total. The van der Waals surface area contributed by atoms with E-state index in [4.69, 9.17) is 5.26 Å². The van der Waals surface area contributed by atoms with Crippen LogP contribution in [0.25, 0.3) is 0 Å². The lowest BCUT2D eigenvalue weighted by Crippen LogP contribution is -2.20. The number of carbonyl (C=O) groups is 1. The number of hydrogen-bond acceptors (Lipinski definition) is 2. The second-order valence-corrected chi connectivity index (χ2v) is 4.12. The van der Waals surface area contributed by atoms with Gasteiger partial charge in [-0.1, -0.05) is 30.3 Å². The molecule has 2 aromatic rings. The fourth-order valence-electron chi connectivity index (χ4n) is 1.77. The van der Waals surface area contributed by atoms with Gasteiger partial charge in [0, 0.05) is 11.8 Å². The fraction of sp³-hybridized carbons (Fsp3) is 0.0667. The minimum Gasteiger partial charge on any atom is -0.324 e. The van der Waals surface area contributed by atoms with Crippen LogP contribution in [-0.2, 0) is 4.79 Å². The van der Waals surface area contributed by atoms with Crippen molar-refractivity contribution < 1.29 is 13.6 Å². The van der Waals surface area contributed by atoms with Crippen LogP contribution in [0.15, 0.2) is 48.5 Å². The maximum absolute atomic E-state index is 13.0. The van der Waals surface area contributed by atoms with Crippen LogP contribution < -0.4 is 5.32 Å². The quantitative estimate of drug-likeness (QED) is 0.932. The van der Waals surface area contributed by atoms with Gasteiger partial charge in [-0.05, 0) is 17.7 Å². The zero-order valence-corrected chi connectivity index (χ0v) is 10.3. The monoisotopic (exact) mass is 272 g/mol. The summed E-state index contributed by atoms with van der Waals surface area (Å²) >= 11 is 0. The topological polar surface area (TPSA) is 52.9 Å². The predicted octanol–water partition coefficient (Wildman–Crippen LogP) is 3.21. The van der Waals surface area contributed by atoms with Crippen molar-refractivity contribution in [3.8, 4) is 6.07 Å². The van der Waals surface area contributed by atoms with Crippen molar-refractivity contribution in [2.24, 2.45) is 0 Å². The van der Waals surface area contributed by atoms with E-state index in [-0.39, 0.29) is 5.69 Å². The molecule has 5 heteroatoms. The molecule has 0 bridgehead atoms. The third kappa shape index (κ3) is 3.18. The van der Waals surface area contributed by atoms with Gasteiger partial charge in [0.05, 0.1) is 6.07 Å². The van der Waals surface area contributed by atoms with E-state index >= 15 is 0 Å². The van der Waals surface area contributed by atoms with Crippen molar-refractivity contribution in [2.75, 3.05) is 5.32 Å². The summed E-state index contributed by atoms with van der Waals surface area (Å²) in [6.45, 7) is 0. The molecule has 0 aliphatic carbocycles. The van der Waals surface area contributed by atoms with Gasteiger partial charge in [0.25, 0.3) is 0 Å². The number of nitrogens with one attached hydrogen (secondary N) is 1. The summed E-state index contributed by atoms with van der Waals surface area (Å²) in [5, 5.41) is 11.4. The van der Waals surface area contributed by atoms with Crippen molar-refractivity contribution >= 4 is 11.6 Å². The van der Waals surface area contributed by atoms with E-state index in [2.05, 4.69) is 5.32 Å². The first-order valence-corrected chi connectivity index (χ1v) is 5.81. The number of amides is 1. The molecule has 0 aliphatic rings. The van der Waals surface area contributed by atoms with Crippen LogP contribution >= 0.6 is 0 Å². The first kappa shape index (κ1) is 13.7. The van der Waals surface area contributed by atoms with E-state index < -0.39 is 23.5 Å². The molecule has 0 heterocycles. The molecule has 0 radical (unpaired) electrons. The number of nitriles is 1. The van der Waals surface area contributed by atoms with Gasteiger partial charge >= 0.3 is 0 Å². The maximum Gasteiger partial charge on any atom is 0.246 e. The van der Waals surface area contributed by atoms with E-state index in [1.807, 2.05) is 6.07 Å². The molecule has 100 valence electrons. The molecule has 2 rings (SSSR count). The van der Waals surface area contributed by atoms with Crippen molar-refractivity contribution in [1.29, 1.82) is 5.26 Å². The van der Waals surface area contributed by atoms with E-state index in [1.54, 1.807) is 30.3 Å². The van der Waals surface area contributed by atoms with Crippen LogP contribution in [0.5, 0.6) is 0 Å². The summed E-state index contributed by atoms with van der Waals surface area (Å²) in [7, 11) is 0. The molecule has 0 spiro atoms. The molecule has 0 aromatic heterocycles. The van der Waals surface area contributed by atoms with Crippen molar-refractivity contribution in [2.45, 2.75) is 5.92 Å². The molecule has 1 atom stereocenters. The molecule has 0 saturated heterocycles. The molecule has 0 saturated carbocycles. The van der Waals surface area contributed by atoms with Gasteiger partial charge in [-0.25, -0.2) is 8.78 Å². The Morgan fingerprint density at radius 3 is 2.25 bits per heavy atom. The van der Waals surface area contributed by atoms with Gasteiger partial charge in [-0.15, -0.1) is 0 Å². The van der Waals surface area contributed by atoms with Crippen molar-refractivity contribution in [3.05, 3.63) is 65.7 Å². The van der Waals surface area contributed by atoms with E-state index in [9.17, 15) is 13.6 Å². The van der Waals surface area contributed by atoms with Crippen LogP contribution in [0, 0.1) is 23.0 Å². The highest BCUT2D eigenvalue weighted by atomic mass is 19.1. The second kappa shape index (κ2) is 5.93. The summed E-state index contributed by atoms with van der Waals surface area (Å²) in [6, 6.07) is 13.0. The van der Waals surface area contributed by atoms with Gasteiger partial charge in [-0.2, -0.15) is 5.26 Å². The lowest BCUT2D eigenvalue weighted by atomic mass is 10.00. The highest BCUT2D eigenvalue weighted by molar-refractivity contribution is 5.97. The first-order valence-electron chi connectivity index (χ1n) is 5.81. The Bertz CT molecular complexity index is 645. The number of carbonyl (C=O) groups excluding carboxylic acids is 1. The lowest BCUT2D eigenvalue weighted by Gasteiger charge is -2.10. The fourth-order valence-corrected chi connectivity index (χ4v) is 1.77. The van der Waals surface area contributed by atoms with Crippen LogP contribution in [0.2, 0.25) is 0 Å². The molecule has 1 amide bonds. The van der Waals surface area contributed by atoms with Crippen LogP contribution in [0.4, 0.5) is 14.5 Å². The van der Waals surface area contributed by atoms with Gasteiger partial charge in [0.1, 0.15) is 11.6 Å². The smallest absolute Gasteiger partial charge is 0.246 e. The molecular weight excluding hydrogens is 262 g/mol. The average molecular weight is 272 g/mol. The summed E-state index contributed by atoms with van der Waals surface area (Å²) in [6.07, 6.45) is 0. The van der Waals surface area contributed by atoms with Crippen molar-refractivity contribution in [3.63, 3.8) is 0 Å². The highest BCUT2D eigenvalue weighted by Crippen LogP contribution is 2.19. The molecule has 3 nitrogen and oxygen atoms in total. The number of hydrogen-bond donors (Lipinski definition) is 1. The Kier molecular flexibility index (Phi) is 4.06. The van der Waals surface area contributed by atoms with E-state index in [0.717, 1.165) is 12.1 Å². The Morgan fingerprint density at radius 2 is 1.70 bits per heavy atom. The molecule has 2 aromatic carbocycles. The SMILES string of the molecule is N#CC(C(=O)Nc1cc(F)cc(F)c1)c1ccccc1. The number of benzene rings is 2. The Labute approximate surface area is 114 Å². The summed E-state index contributed by atoms with van der Waals surface area (Å²) in [5.41, 5.74) is 0.494. The third-order valence-electron chi connectivity index (χ3n) is 2.65. The zero-order chi connectivity index (χ0) is 14.5. The van der Waals surface area contributed by atoms with Gasteiger partial charge in [-0.3, -0.25) is 4.79 Å². The highest BCUT2D eigenvalue weighted by Gasteiger charge is 2.20. The van der Waals surface area contributed by atoms with E-state index in [0.29, 0.717) is 11.6 Å². The van der Waals surface area contributed by atoms with Gasteiger partial charge < -0.3 is 5.32 Å². The molecule has 1 unspecified atom stereocenters. The standard InChI is InChI=1S/C15H10F2N2O/c16-11-6-12(17)8-13(7-11)19-15(20)14(9-18)10-4-2-1-3-5-10/h1-8,14H,(H,19,20). The van der Waals surface area contributed by atoms with Gasteiger partial charge in [0.2, 0.25) is 5.91 Å². The van der Waals surface area contributed by atoms with Crippen LogP contribution in [0.3, 0.4) is 0 Å². The molecule has 20 heavy (non-hydrogen) atoms. The average Bonchev–Trinajstić information content (AvgIpc) is 2.39.